The molecule has 0 aliphatic heterocycles. The minimum atomic E-state index is -0.0314. The predicted octanol–water partition coefficient (Wildman–Crippen LogP) is 2.59. The molecule has 1 N–H and O–H groups in total. The average Bonchev–Trinajstić information content (AvgIpc) is 2.15. The summed E-state index contributed by atoms with van der Waals surface area (Å²) < 4.78 is 0. The Hall–Kier alpha value is -1.31. The van der Waals surface area contributed by atoms with Gasteiger partial charge in [-0.3, -0.25) is 4.79 Å². The highest BCUT2D eigenvalue weighted by molar-refractivity contribution is 5.94. The smallest absolute Gasteiger partial charge is 0.251 e. The van der Waals surface area contributed by atoms with E-state index in [4.69, 9.17) is 0 Å². The Morgan fingerprint density at radius 2 is 2.00 bits per heavy atom. The molecule has 0 heterocycles. The van der Waals surface area contributed by atoms with Gasteiger partial charge < -0.3 is 5.32 Å². The molecule has 0 saturated carbocycles. The SMILES string of the molecule is CNC(=O)c1cccc(C(C)(C)C)c1.[HH]. The normalized spacial score (nSPS) is 11.1. The molecule has 0 saturated heterocycles. The van der Waals surface area contributed by atoms with Crippen LogP contribution in [0.15, 0.2) is 24.3 Å². The summed E-state index contributed by atoms with van der Waals surface area (Å²) in [6, 6.07) is 7.74. The predicted molar refractivity (Wildman–Crippen MR) is 60.6 cm³/mol. The van der Waals surface area contributed by atoms with Crippen molar-refractivity contribution in [2.24, 2.45) is 0 Å². The summed E-state index contributed by atoms with van der Waals surface area (Å²) in [4.78, 5) is 11.4. The zero-order chi connectivity index (χ0) is 10.8. The summed E-state index contributed by atoms with van der Waals surface area (Å²) in [6.45, 7) is 6.40. The van der Waals surface area contributed by atoms with E-state index in [1.165, 1.54) is 5.56 Å². The van der Waals surface area contributed by atoms with Gasteiger partial charge in [-0.2, -0.15) is 0 Å². The first-order chi connectivity index (χ1) is 6.45. The third-order valence-corrected chi connectivity index (χ3v) is 2.22. The molecule has 2 nitrogen and oxygen atoms in total. The van der Waals surface area contributed by atoms with Crippen LogP contribution in [-0.4, -0.2) is 13.0 Å². The molecule has 0 atom stereocenters. The lowest BCUT2D eigenvalue weighted by molar-refractivity contribution is 0.0963. The van der Waals surface area contributed by atoms with E-state index in [-0.39, 0.29) is 12.7 Å². The van der Waals surface area contributed by atoms with Gasteiger partial charge in [-0.15, -0.1) is 0 Å². The molecule has 0 bridgehead atoms. The van der Waals surface area contributed by atoms with E-state index in [2.05, 4.69) is 26.1 Å². The fourth-order valence-electron chi connectivity index (χ4n) is 1.27. The summed E-state index contributed by atoms with van der Waals surface area (Å²) in [5.74, 6) is -0.0314. The van der Waals surface area contributed by atoms with Crippen molar-refractivity contribution < 1.29 is 6.22 Å². The summed E-state index contributed by atoms with van der Waals surface area (Å²) in [5, 5.41) is 2.62. The molecule has 0 aliphatic rings. The van der Waals surface area contributed by atoms with Gasteiger partial charge in [0.2, 0.25) is 0 Å². The van der Waals surface area contributed by atoms with Crippen molar-refractivity contribution in [1.29, 1.82) is 0 Å². The third kappa shape index (κ3) is 2.34. The first-order valence-corrected chi connectivity index (χ1v) is 4.78. The number of carbonyl (C=O) groups excluding carboxylic acids is 1. The number of rotatable bonds is 1. The van der Waals surface area contributed by atoms with Gasteiger partial charge in [-0.25, -0.2) is 0 Å². The molecular weight excluding hydrogens is 174 g/mol. The highest BCUT2D eigenvalue weighted by atomic mass is 16.1. The quantitative estimate of drug-likeness (QED) is 0.729. The lowest BCUT2D eigenvalue weighted by Gasteiger charge is -2.19. The number of benzene rings is 1. The molecule has 0 aromatic heterocycles. The second-order valence-electron chi connectivity index (χ2n) is 4.41. The molecule has 0 unspecified atom stereocenters. The van der Waals surface area contributed by atoms with Gasteiger partial charge >= 0.3 is 0 Å². The monoisotopic (exact) mass is 193 g/mol. The largest absolute Gasteiger partial charge is 0.355 e. The second-order valence-corrected chi connectivity index (χ2v) is 4.41. The first-order valence-electron chi connectivity index (χ1n) is 4.78. The van der Waals surface area contributed by atoms with Crippen LogP contribution >= 0.6 is 0 Å². The number of hydrogen-bond donors (Lipinski definition) is 1. The van der Waals surface area contributed by atoms with Gasteiger partial charge in [0, 0.05) is 14.0 Å². The topological polar surface area (TPSA) is 29.1 Å². The Balaban J connectivity index is 0.00000196. The van der Waals surface area contributed by atoms with Crippen LogP contribution in [0.3, 0.4) is 0 Å². The zero-order valence-corrected chi connectivity index (χ0v) is 9.22. The number of amides is 1. The minimum Gasteiger partial charge on any atom is -0.355 e. The summed E-state index contributed by atoms with van der Waals surface area (Å²) in [7, 11) is 1.64. The second kappa shape index (κ2) is 3.82. The molecule has 0 spiro atoms. The number of carbonyl (C=O) groups is 1. The van der Waals surface area contributed by atoms with Crippen molar-refractivity contribution >= 4 is 5.91 Å². The highest BCUT2D eigenvalue weighted by Crippen LogP contribution is 2.22. The molecule has 1 aromatic carbocycles. The Bertz CT molecular complexity index is 342. The summed E-state index contributed by atoms with van der Waals surface area (Å²) in [5.41, 5.74) is 1.99. The number of nitrogens with one attached hydrogen (secondary N) is 1. The lowest BCUT2D eigenvalue weighted by atomic mass is 9.86. The number of hydrogen-bond acceptors (Lipinski definition) is 1. The maximum atomic E-state index is 11.4. The molecule has 0 radical (unpaired) electrons. The van der Waals surface area contributed by atoms with Crippen molar-refractivity contribution in [3.05, 3.63) is 35.4 Å². The molecule has 1 amide bonds. The van der Waals surface area contributed by atoms with Crippen LogP contribution in [0.2, 0.25) is 0 Å². The van der Waals surface area contributed by atoms with Crippen molar-refractivity contribution in [3.63, 3.8) is 0 Å². The van der Waals surface area contributed by atoms with Gasteiger partial charge in [-0.05, 0) is 23.1 Å². The third-order valence-electron chi connectivity index (χ3n) is 2.22. The van der Waals surface area contributed by atoms with E-state index in [0.717, 1.165) is 5.56 Å². The maximum absolute atomic E-state index is 11.4. The molecule has 14 heavy (non-hydrogen) atoms. The highest BCUT2D eigenvalue weighted by Gasteiger charge is 2.14. The summed E-state index contributed by atoms with van der Waals surface area (Å²) in [6.07, 6.45) is 0. The molecule has 78 valence electrons. The van der Waals surface area contributed by atoms with Crippen LogP contribution in [0, 0.1) is 0 Å². The van der Waals surface area contributed by atoms with Crippen molar-refractivity contribution in [3.8, 4) is 0 Å². The lowest BCUT2D eigenvalue weighted by Crippen LogP contribution is -2.19. The summed E-state index contributed by atoms with van der Waals surface area (Å²) >= 11 is 0. The molecule has 1 rings (SSSR count). The van der Waals surface area contributed by atoms with Crippen molar-refractivity contribution in [2.75, 3.05) is 7.05 Å². The van der Waals surface area contributed by atoms with E-state index >= 15 is 0 Å². The van der Waals surface area contributed by atoms with Gasteiger partial charge in [0.05, 0.1) is 0 Å². The Kier molecular flexibility index (Phi) is 2.94. The maximum Gasteiger partial charge on any atom is 0.251 e. The Morgan fingerprint density at radius 3 is 2.50 bits per heavy atom. The van der Waals surface area contributed by atoms with Crippen LogP contribution in [0.5, 0.6) is 0 Å². The van der Waals surface area contributed by atoms with Crippen LogP contribution in [0.4, 0.5) is 0 Å². The molecule has 1 aromatic rings. The molecule has 2 heteroatoms. The van der Waals surface area contributed by atoms with E-state index in [0.29, 0.717) is 0 Å². The van der Waals surface area contributed by atoms with Crippen LogP contribution < -0.4 is 5.32 Å². The van der Waals surface area contributed by atoms with Gasteiger partial charge in [-0.1, -0.05) is 32.9 Å². The molecular formula is C12H19NO. The first kappa shape index (κ1) is 10.8. The van der Waals surface area contributed by atoms with Crippen LogP contribution in [0.1, 0.15) is 38.1 Å². The van der Waals surface area contributed by atoms with Crippen LogP contribution in [-0.2, 0) is 5.41 Å². The molecule has 0 aliphatic carbocycles. The minimum absolute atomic E-state index is 0. The van der Waals surface area contributed by atoms with Gasteiger partial charge in [0.25, 0.3) is 5.91 Å². The Morgan fingerprint density at radius 1 is 1.36 bits per heavy atom. The van der Waals surface area contributed by atoms with E-state index in [1.54, 1.807) is 7.05 Å². The van der Waals surface area contributed by atoms with E-state index in [1.807, 2.05) is 24.3 Å². The Labute approximate surface area is 86.8 Å². The zero-order valence-electron chi connectivity index (χ0n) is 9.22. The van der Waals surface area contributed by atoms with Gasteiger partial charge in [0.1, 0.15) is 0 Å². The van der Waals surface area contributed by atoms with Gasteiger partial charge in [0.15, 0.2) is 0 Å². The van der Waals surface area contributed by atoms with E-state index < -0.39 is 0 Å². The standard InChI is InChI=1S/C12H17NO.H2/c1-12(2,3)10-7-5-6-9(8-10)11(14)13-4;/h5-8H,1-4H3,(H,13,14);1H. The molecule has 0 fully saturated rings. The van der Waals surface area contributed by atoms with E-state index in [9.17, 15) is 4.79 Å². The average molecular weight is 193 g/mol. The van der Waals surface area contributed by atoms with Crippen molar-refractivity contribution in [2.45, 2.75) is 26.2 Å². The van der Waals surface area contributed by atoms with Crippen LogP contribution in [0.25, 0.3) is 0 Å². The fourth-order valence-corrected chi connectivity index (χ4v) is 1.27. The fraction of sp³-hybridized carbons (Fsp3) is 0.417. The van der Waals surface area contributed by atoms with Crippen molar-refractivity contribution in [1.82, 2.24) is 5.32 Å².